The largest absolute Gasteiger partial charge is 0.497 e. The van der Waals surface area contributed by atoms with Crippen molar-refractivity contribution in [2.24, 2.45) is 0 Å². The molecule has 0 aliphatic carbocycles. The van der Waals surface area contributed by atoms with Crippen molar-refractivity contribution >= 4 is 5.69 Å². The molecule has 3 rings (SSSR count). The Morgan fingerprint density at radius 2 is 1.59 bits per heavy atom. The maximum absolute atomic E-state index is 5.33. The Balaban J connectivity index is 1.80. The van der Waals surface area contributed by atoms with E-state index in [2.05, 4.69) is 84.4 Å². The van der Waals surface area contributed by atoms with E-state index in [1.165, 1.54) is 16.8 Å². The number of nitrogens with one attached hydrogen (secondary N) is 1. The third-order valence-corrected chi connectivity index (χ3v) is 6.35. The predicted molar refractivity (Wildman–Crippen MR) is 123 cm³/mol. The molecule has 0 radical (unpaired) electrons. The summed E-state index contributed by atoms with van der Waals surface area (Å²) in [6, 6.07) is 18.3. The first-order valence-electron chi connectivity index (χ1n) is 11.1. The van der Waals surface area contributed by atoms with Crippen molar-refractivity contribution in [3.63, 3.8) is 0 Å². The molecule has 29 heavy (non-hydrogen) atoms. The molecule has 2 unspecified atom stereocenters. The number of anilines is 1. The van der Waals surface area contributed by atoms with Gasteiger partial charge in [0.2, 0.25) is 0 Å². The van der Waals surface area contributed by atoms with Crippen LogP contribution in [0.5, 0.6) is 5.75 Å². The number of rotatable bonds is 9. The van der Waals surface area contributed by atoms with Crippen LogP contribution >= 0.6 is 0 Å². The maximum atomic E-state index is 5.33. The molecular formula is C25H37N3O. The molecule has 1 saturated heterocycles. The molecule has 2 aromatic rings. The van der Waals surface area contributed by atoms with Gasteiger partial charge >= 0.3 is 0 Å². The molecule has 1 aliphatic rings. The third kappa shape index (κ3) is 5.52. The van der Waals surface area contributed by atoms with Crippen LogP contribution in [-0.2, 0) is 6.42 Å². The van der Waals surface area contributed by atoms with E-state index < -0.39 is 0 Å². The molecule has 1 heterocycles. The average molecular weight is 396 g/mol. The van der Waals surface area contributed by atoms with E-state index in [1.54, 1.807) is 7.11 Å². The van der Waals surface area contributed by atoms with E-state index in [0.29, 0.717) is 12.0 Å². The van der Waals surface area contributed by atoms with E-state index in [4.69, 9.17) is 4.74 Å². The highest BCUT2D eigenvalue weighted by atomic mass is 16.5. The van der Waals surface area contributed by atoms with Gasteiger partial charge in [-0.3, -0.25) is 4.90 Å². The Bertz CT molecular complexity index is 719. The normalized spacial score (nSPS) is 17.0. The molecule has 0 aromatic heterocycles. The van der Waals surface area contributed by atoms with Crippen molar-refractivity contribution in [2.45, 2.75) is 39.2 Å². The van der Waals surface area contributed by atoms with E-state index in [0.717, 1.165) is 51.4 Å². The fourth-order valence-corrected chi connectivity index (χ4v) is 4.44. The van der Waals surface area contributed by atoms with Crippen LogP contribution in [0.25, 0.3) is 0 Å². The maximum Gasteiger partial charge on any atom is 0.118 e. The van der Waals surface area contributed by atoms with Crippen LogP contribution in [0.2, 0.25) is 0 Å². The fraction of sp³-hybridized carbons (Fsp3) is 0.520. The van der Waals surface area contributed by atoms with Crippen LogP contribution in [0.4, 0.5) is 5.69 Å². The fourth-order valence-electron chi connectivity index (χ4n) is 4.44. The lowest BCUT2D eigenvalue weighted by atomic mass is 9.87. The second-order valence-electron chi connectivity index (χ2n) is 7.96. The number of methoxy groups -OCH3 is 1. The van der Waals surface area contributed by atoms with E-state index in [1.807, 2.05) is 0 Å². The smallest absolute Gasteiger partial charge is 0.118 e. The summed E-state index contributed by atoms with van der Waals surface area (Å²) in [4.78, 5) is 5.07. The third-order valence-electron chi connectivity index (χ3n) is 6.35. The summed E-state index contributed by atoms with van der Waals surface area (Å²) in [6.45, 7) is 13.3. The minimum Gasteiger partial charge on any atom is -0.497 e. The van der Waals surface area contributed by atoms with Gasteiger partial charge in [-0.25, -0.2) is 0 Å². The SMILES string of the molecule is CCN(CC)c1ccc(C(C)C(Cc2ccc(OC)cc2)N2CCNCC2)cc1. The van der Waals surface area contributed by atoms with Gasteiger partial charge in [0.25, 0.3) is 0 Å². The molecule has 0 saturated carbocycles. The second-order valence-corrected chi connectivity index (χ2v) is 7.96. The summed E-state index contributed by atoms with van der Waals surface area (Å²) in [5, 5.41) is 3.50. The molecule has 1 N–H and O–H groups in total. The topological polar surface area (TPSA) is 27.7 Å². The molecule has 0 spiro atoms. The molecule has 2 atom stereocenters. The molecule has 0 amide bonds. The summed E-state index contributed by atoms with van der Waals surface area (Å²) in [7, 11) is 1.72. The summed E-state index contributed by atoms with van der Waals surface area (Å²) in [5.41, 5.74) is 4.12. The van der Waals surface area contributed by atoms with Crippen LogP contribution in [0.15, 0.2) is 48.5 Å². The first-order chi connectivity index (χ1) is 14.2. The Labute approximate surface area is 176 Å². The number of hydrogen-bond acceptors (Lipinski definition) is 4. The van der Waals surface area contributed by atoms with Gasteiger partial charge < -0.3 is 15.0 Å². The van der Waals surface area contributed by atoms with Crippen molar-refractivity contribution in [2.75, 3.05) is 51.3 Å². The van der Waals surface area contributed by atoms with Gasteiger partial charge in [-0.2, -0.15) is 0 Å². The Kier molecular flexibility index (Phi) is 7.96. The number of hydrogen-bond donors (Lipinski definition) is 1. The lowest BCUT2D eigenvalue weighted by Gasteiger charge is -2.39. The monoisotopic (exact) mass is 395 g/mol. The van der Waals surface area contributed by atoms with Crippen molar-refractivity contribution in [3.8, 4) is 5.75 Å². The lowest BCUT2D eigenvalue weighted by molar-refractivity contribution is 0.153. The molecule has 1 fully saturated rings. The van der Waals surface area contributed by atoms with Crippen LogP contribution in [0, 0.1) is 0 Å². The van der Waals surface area contributed by atoms with E-state index in [9.17, 15) is 0 Å². The predicted octanol–water partition coefficient (Wildman–Crippen LogP) is 4.16. The summed E-state index contributed by atoms with van der Waals surface area (Å²) >= 11 is 0. The molecule has 4 heteroatoms. The van der Waals surface area contributed by atoms with Gasteiger partial charge in [0, 0.05) is 51.0 Å². The van der Waals surface area contributed by atoms with Gasteiger partial charge in [0.05, 0.1) is 7.11 Å². The first-order valence-corrected chi connectivity index (χ1v) is 11.1. The van der Waals surface area contributed by atoms with E-state index >= 15 is 0 Å². The lowest BCUT2D eigenvalue weighted by Crippen LogP contribution is -2.50. The Morgan fingerprint density at radius 1 is 0.966 bits per heavy atom. The zero-order valence-electron chi connectivity index (χ0n) is 18.5. The zero-order valence-corrected chi connectivity index (χ0v) is 18.5. The van der Waals surface area contributed by atoms with Gasteiger partial charge in [-0.05, 0) is 61.6 Å². The minimum absolute atomic E-state index is 0.473. The summed E-state index contributed by atoms with van der Waals surface area (Å²) < 4.78 is 5.33. The molecular weight excluding hydrogens is 358 g/mol. The quantitative estimate of drug-likeness (QED) is 0.690. The summed E-state index contributed by atoms with van der Waals surface area (Å²) in [5.74, 6) is 1.40. The van der Waals surface area contributed by atoms with Crippen LogP contribution in [0.1, 0.15) is 37.8 Å². The minimum atomic E-state index is 0.473. The highest BCUT2D eigenvalue weighted by Crippen LogP contribution is 2.29. The van der Waals surface area contributed by atoms with Crippen LogP contribution in [-0.4, -0.2) is 57.3 Å². The van der Waals surface area contributed by atoms with Crippen LogP contribution < -0.4 is 15.0 Å². The second kappa shape index (κ2) is 10.7. The van der Waals surface area contributed by atoms with Crippen molar-refractivity contribution in [3.05, 3.63) is 59.7 Å². The van der Waals surface area contributed by atoms with Gasteiger partial charge in [0.15, 0.2) is 0 Å². The Morgan fingerprint density at radius 3 is 2.14 bits per heavy atom. The highest BCUT2D eigenvalue weighted by Gasteiger charge is 2.27. The zero-order chi connectivity index (χ0) is 20.6. The molecule has 1 aliphatic heterocycles. The molecule has 0 bridgehead atoms. The van der Waals surface area contributed by atoms with E-state index in [-0.39, 0.29) is 0 Å². The van der Waals surface area contributed by atoms with Gasteiger partial charge in [0.1, 0.15) is 5.75 Å². The molecule has 2 aromatic carbocycles. The highest BCUT2D eigenvalue weighted by molar-refractivity contribution is 5.48. The van der Waals surface area contributed by atoms with Gasteiger partial charge in [-0.15, -0.1) is 0 Å². The molecule has 158 valence electrons. The number of piperazine rings is 1. The number of ether oxygens (including phenoxy) is 1. The average Bonchev–Trinajstić information content (AvgIpc) is 2.79. The standard InChI is InChI=1S/C25H37N3O/c1-5-27(6-2)23-11-9-22(10-12-23)20(3)25(28-17-15-26-16-18-28)19-21-7-13-24(29-4)14-8-21/h7-14,20,25-26H,5-6,15-19H2,1-4H3. The summed E-state index contributed by atoms with van der Waals surface area (Å²) in [6.07, 6.45) is 1.06. The first kappa shape index (κ1) is 21.7. The van der Waals surface area contributed by atoms with Crippen molar-refractivity contribution < 1.29 is 4.74 Å². The number of benzene rings is 2. The van der Waals surface area contributed by atoms with Crippen molar-refractivity contribution in [1.82, 2.24) is 10.2 Å². The number of nitrogens with zero attached hydrogens (tertiary/aromatic N) is 2. The van der Waals surface area contributed by atoms with Gasteiger partial charge in [-0.1, -0.05) is 31.2 Å². The van der Waals surface area contributed by atoms with Crippen molar-refractivity contribution in [1.29, 1.82) is 0 Å². The molecule has 4 nitrogen and oxygen atoms in total. The van der Waals surface area contributed by atoms with Crippen LogP contribution in [0.3, 0.4) is 0 Å². The Hall–Kier alpha value is -2.04.